The summed E-state index contributed by atoms with van der Waals surface area (Å²) in [5, 5.41) is 0. The lowest BCUT2D eigenvalue weighted by Gasteiger charge is -2.26. The zero-order chi connectivity index (χ0) is 19.9. The van der Waals surface area contributed by atoms with Crippen LogP contribution < -0.4 is 4.90 Å². The van der Waals surface area contributed by atoms with Crippen LogP contribution in [0.3, 0.4) is 0 Å². The van der Waals surface area contributed by atoms with Gasteiger partial charge in [-0.05, 0) is 49.7 Å². The Kier molecular flexibility index (Phi) is 6.76. The Morgan fingerprint density at radius 2 is 1.68 bits per heavy atom. The van der Waals surface area contributed by atoms with Gasteiger partial charge < -0.3 is 9.80 Å². The van der Waals surface area contributed by atoms with Crippen LogP contribution in [-0.4, -0.2) is 60.9 Å². The van der Waals surface area contributed by atoms with Crippen LogP contribution in [0.2, 0.25) is 0 Å². The van der Waals surface area contributed by atoms with Crippen molar-refractivity contribution in [1.29, 1.82) is 0 Å². The van der Waals surface area contributed by atoms with Crippen LogP contribution in [0.1, 0.15) is 23.7 Å². The van der Waals surface area contributed by atoms with Gasteiger partial charge in [0.05, 0.1) is 6.54 Å². The van der Waals surface area contributed by atoms with Gasteiger partial charge in [0.2, 0.25) is 5.91 Å². The number of carbonyl (C=O) groups excluding carboxylic acids is 2. The molecule has 3 rings (SSSR count). The van der Waals surface area contributed by atoms with Crippen molar-refractivity contribution in [2.75, 3.05) is 44.2 Å². The first-order valence-electron chi connectivity index (χ1n) is 9.71. The van der Waals surface area contributed by atoms with E-state index in [4.69, 9.17) is 0 Å². The number of likely N-dealkylation sites (N-methyl/N-ethyl adjacent to an activating group) is 1. The second-order valence-corrected chi connectivity index (χ2v) is 6.90. The summed E-state index contributed by atoms with van der Waals surface area (Å²) in [6, 6.07) is 15.3. The number of amides is 2. The molecule has 2 aromatic carbocycles. The van der Waals surface area contributed by atoms with Crippen LogP contribution in [0, 0.1) is 5.82 Å². The van der Waals surface area contributed by atoms with E-state index in [1.54, 1.807) is 9.80 Å². The van der Waals surface area contributed by atoms with E-state index in [-0.39, 0.29) is 17.6 Å². The topological polar surface area (TPSA) is 43.9 Å². The van der Waals surface area contributed by atoms with Crippen LogP contribution in [0.25, 0.3) is 0 Å². The molecule has 0 radical (unpaired) electrons. The van der Waals surface area contributed by atoms with Crippen LogP contribution >= 0.6 is 0 Å². The van der Waals surface area contributed by atoms with E-state index in [2.05, 4.69) is 4.90 Å². The molecule has 0 aromatic heterocycles. The maximum Gasteiger partial charge on any atom is 0.253 e. The van der Waals surface area contributed by atoms with E-state index in [0.29, 0.717) is 38.3 Å². The van der Waals surface area contributed by atoms with E-state index in [1.165, 1.54) is 24.3 Å². The molecule has 0 spiro atoms. The summed E-state index contributed by atoms with van der Waals surface area (Å²) in [7, 11) is 0. The number of hydrogen-bond donors (Lipinski definition) is 0. The molecule has 148 valence electrons. The molecule has 1 aliphatic heterocycles. The summed E-state index contributed by atoms with van der Waals surface area (Å²) in [4.78, 5) is 31.1. The Labute approximate surface area is 165 Å². The first kappa shape index (κ1) is 20.0. The van der Waals surface area contributed by atoms with Gasteiger partial charge in [0.15, 0.2) is 0 Å². The van der Waals surface area contributed by atoms with Crippen molar-refractivity contribution in [2.24, 2.45) is 0 Å². The van der Waals surface area contributed by atoms with Crippen molar-refractivity contribution >= 4 is 17.5 Å². The van der Waals surface area contributed by atoms with E-state index in [1.807, 2.05) is 37.3 Å². The number of nitrogens with zero attached hydrogens (tertiary/aromatic N) is 3. The zero-order valence-corrected chi connectivity index (χ0v) is 16.2. The molecular formula is C22H26FN3O2. The van der Waals surface area contributed by atoms with Gasteiger partial charge in [-0.25, -0.2) is 4.39 Å². The molecule has 1 saturated heterocycles. The Morgan fingerprint density at radius 3 is 2.36 bits per heavy atom. The third kappa shape index (κ3) is 4.95. The molecule has 0 bridgehead atoms. The van der Waals surface area contributed by atoms with Crippen molar-refractivity contribution in [3.8, 4) is 0 Å². The quantitative estimate of drug-likeness (QED) is 0.797. The fourth-order valence-corrected chi connectivity index (χ4v) is 3.49. The first-order chi connectivity index (χ1) is 13.6. The minimum absolute atomic E-state index is 0.0620. The van der Waals surface area contributed by atoms with Gasteiger partial charge in [-0.1, -0.05) is 18.2 Å². The Balaban J connectivity index is 1.58. The number of hydrogen-bond acceptors (Lipinski definition) is 3. The van der Waals surface area contributed by atoms with Gasteiger partial charge in [0.1, 0.15) is 5.82 Å². The third-order valence-corrected chi connectivity index (χ3v) is 5.01. The van der Waals surface area contributed by atoms with Crippen LogP contribution in [-0.2, 0) is 4.79 Å². The average molecular weight is 383 g/mol. The molecule has 0 unspecified atom stereocenters. The molecule has 28 heavy (non-hydrogen) atoms. The maximum atomic E-state index is 13.1. The smallest absolute Gasteiger partial charge is 0.253 e. The summed E-state index contributed by atoms with van der Waals surface area (Å²) < 4.78 is 13.1. The van der Waals surface area contributed by atoms with Gasteiger partial charge in [0, 0.05) is 44.0 Å². The number of para-hydroxylation sites is 1. The minimum Gasteiger partial charge on any atom is -0.337 e. The largest absolute Gasteiger partial charge is 0.337 e. The molecule has 2 aromatic rings. The third-order valence-electron chi connectivity index (χ3n) is 5.01. The van der Waals surface area contributed by atoms with Crippen molar-refractivity contribution < 1.29 is 14.0 Å². The number of anilines is 1. The van der Waals surface area contributed by atoms with Gasteiger partial charge in [-0.3, -0.25) is 14.5 Å². The van der Waals surface area contributed by atoms with Gasteiger partial charge >= 0.3 is 0 Å². The summed E-state index contributed by atoms with van der Waals surface area (Å²) >= 11 is 0. The molecule has 1 fully saturated rings. The SMILES string of the molecule is CCN(C(=O)CN1CCCN(C(=O)c2ccc(F)cc2)CC1)c1ccccc1. The lowest BCUT2D eigenvalue weighted by molar-refractivity contribution is -0.119. The fraction of sp³-hybridized carbons (Fsp3) is 0.364. The molecule has 0 aliphatic carbocycles. The number of halogens is 1. The highest BCUT2D eigenvalue weighted by Gasteiger charge is 2.23. The first-order valence-corrected chi connectivity index (χ1v) is 9.71. The van der Waals surface area contributed by atoms with Crippen LogP contribution in [0.5, 0.6) is 0 Å². The molecule has 5 nitrogen and oxygen atoms in total. The van der Waals surface area contributed by atoms with Crippen LogP contribution in [0.4, 0.5) is 10.1 Å². The molecule has 0 saturated carbocycles. The Hall–Kier alpha value is -2.73. The van der Waals surface area contributed by atoms with Crippen LogP contribution in [0.15, 0.2) is 54.6 Å². The zero-order valence-electron chi connectivity index (χ0n) is 16.2. The molecule has 2 amide bonds. The van der Waals surface area contributed by atoms with Gasteiger partial charge in [-0.15, -0.1) is 0 Å². The number of benzene rings is 2. The molecule has 6 heteroatoms. The summed E-state index contributed by atoms with van der Waals surface area (Å²) in [5.74, 6) is -0.379. The monoisotopic (exact) mass is 383 g/mol. The van der Waals surface area contributed by atoms with E-state index < -0.39 is 0 Å². The lowest BCUT2D eigenvalue weighted by atomic mass is 10.2. The lowest BCUT2D eigenvalue weighted by Crippen LogP contribution is -2.42. The fourth-order valence-electron chi connectivity index (χ4n) is 3.49. The van der Waals surface area contributed by atoms with Crippen molar-refractivity contribution in [2.45, 2.75) is 13.3 Å². The minimum atomic E-state index is -0.351. The van der Waals surface area contributed by atoms with Crippen molar-refractivity contribution in [3.05, 3.63) is 66.0 Å². The predicted molar refractivity (Wildman–Crippen MR) is 108 cm³/mol. The van der Waals surface area contributed by atoms with Crippen molar-refractivity contribution in [1.82, 2.24) is 9.80 Å². The van der Waals surface area contributed by atoms with Gasteiger partial charge in [-0.2, -0.15) is 0 Å². The molecular weight excluding hydrogens is 357 g/mol. The second kappa shape index (κ2) is 9.46. The highest BCUT2D eigenvalue weighted by atomic mass is 19.1. The summed E-state index contributed by atoms with van der Waals surface area (Å²) in [5.41, 5.74) is 1.39. The molecule has 1 aliphatic rings. The highest BCUT2D eigenvalue weighted by molar-refractivity contribution is 5.95. The highest BCUT2D eigenvalue weighted by Crippen LogP contribution is 2.15. The number of rotatable bonds is 5. The summed E-state index contributed by atoms with van der Waals surface area (Å²) in [6.07, 6.45) is 0.803. The van der Waals surface area contributed by atoms with Gasteiger partial charge in [0.25, 0.3) is 5.91 Å². The normalized spacial score (nSPS) is 15.1. The van der Waals surface area contributed by atoms with E-state index >= 15 is 0 Å². The maximum absolute atomic E-state index is 13.1. The molecule has 0 N–H and O–H groups in total. The summed E-state index contributed by atoms with van der Waals surface area (Å²) in [6.45, 7) is 5.53. The van der Waals surface area contributed by atoms with E-state index in [0.717, 1.165) is 18.7 Å². The Bertz CT molecular complexity index is 795. The number of carbonyl (C=O) groups is 2. The van der Waals surface area contributed by atoms with Crippen molar-refractivity contribution in [3.63, 3.8) is 0 Å². The second-order valence-electron chi connectivity index (χ2n) is 6.90. The van der Waals surface area contributed by atoms with E-state index in [9.17, 15) is 14.0 Å². The molecule has 1 heterocycles. The standard InChI is InChI=1S/C22H26FN3O2/c1-2-26(20-7-4-3-5-8-20)21(27)17-24-13-6-14-25(16-15-24)22(28)18-9-11-19(23)12-10-18/h3-5,7-12H,2,6,13-17H2,1H3. The molecule has 0 atom stereocenters. The predicted octanol–water partition coefficient (Wildman–Crippen LogP) is 3.03. The Morgan fingerprint density at radius 1 is 0.964 bits per heavy atom. The average Bonchev–Trinajstić information content (AvgIpc) is 2.95.